The van der Waals surface area contributed by atoms with Crippen LogP contribution in [0.3, 0.4) is 0 Å². The van der Waals surface area contributed by atoms with E-state index < -0.39 is 6.04 Å². The van der Waals surface area contributed by atoms with Crippen molar-refractivity contribution in [3.05, 3.63) is 81.6 Å². The number of aromatic nitrogens is 3. The van der Waals surface area contributed by atoms with E-state index in [1.165, 1.54) is 17.5 Å². The predicted octanol–water partition coefficient (Wildman–Crippen LogP) is 4.74. The number of piperidine rings is 1. The number of imide groups is 1. The van der Waals surface area contributed by atoms with Crippen molar-refractivity contribution in [3.8, 4) is 0 Å². The Morgan fingerprint density at radius 1 is 1.07 bits per heavy atom. The topological polar surface area (TPSA) is 144 Å². The number of rotatable bonds is 9. The monoisotopic (exact) mass is 659 g/mol. The summed E-state index contributed by atoms with van der Waals surface area (Å²) in [6.07, 6.45) is 2.34. The van der Waals surface area contributed by atoms with Crippen LogP contribution in [0, 0.1) is 13.8 Å². The van der Waals surface area contributed by atoms with Crippen LogP contribution in [0.5, 0.6) is 0 Å². The van der Waals surface area contributed by atoms with E-state index in [1.54, 1.807) is 6.07 Å². The summed E-state index contributed by atoms with van der Waals surface area (Å²) in [6, 6.07) is 14.9. The Balaban J connectivity index is 1.05. The lowest BCUT2D eigenvalue weighted by Gasteiger charge is -2.36. The zero-order valence-corrected chi connectivity index (χ0v) is 27.0. The molecule has 0 spiro atoms. The molecule has 2 aromatic heterocycles. The number of halogens is 1. The van der Waals surface area contributed by atoms with E-state index in [0.717, 1.165) is 55.4 Å². The van der Waals surface area contributed by atoms with E-state index in [4.69, 9.17) is 11.6 Å². The Labute approximate surface area is 275 Å². The first-order valence-electron chi connectivity index (χ1n) is 15.0. The molecular formula is C32H34ClN9O3S. The first kappa shape index (κ1) is 31.4. The molecule has 4 aromatic rings. The molecule has 12 nitrogen and oxygen atoms in total. The molecule has 4 N–H and O–H groups in total. The number of hydrogen-bond acceptors (Lipinski definition) is 11. The van der Waals surface area contributed by atoms with E-state index in [0.29, 0.717) is 45.2 Å². The molecule has 0 saturated carbocycles. The number of para-hydroxylation sites is 2. The average Bonchev–Trinajstić information content (AvgIpc) is 3.50. The van der Waals surface area contributed by atoms with E-state index in [2.05, 4.69) is 52.1 Å². The van der Waals surface area contributed by atoms with Crippen molar-refractivity contribution < 1.29 is 14.4 Å². The Morgan fingerprint density at radius 2 is 1.87 bits per heavy atom. The summed E-state index contributed by atoms with van der Waals surface area (Å²) in [5.74, 6) is 1.25. The van der Waals surface area contributed by atoms with E-state index in [-0.39, 0.29) is 17.7 Å². The van der Waals surface area contributed by atoms with Gasteiger partial charge in [-0.3, -0.25) is 24.6 Å². The third-order valence-electron chi connectivity index (χ3n) is 7.93. The number of amides is 3. The van der Waals surface area contributed by atoms with Crippen molar-refractivity contribution in [2.45, 2.75) is 39.3 Å². The number of nitrogens with one attached hydrogen (secondary N) is 4. The van der Waals surface area contributed by atoms with Gasteiger partial charge in [-0.25, -0.2) is 15.0 Å². The number of benzene rings is 2. The second-order valence-corrected chi connectivity index (χ2v) is 12.7. The molecule has 2 fully saturated rings. The van der Waals surface area contributed by atoms with Crippen molar-refractivity contribution in [2.24, 2.45) is 0 Å². The van der Waals surface area contributed by atoms with Crippen molar-refractivity contribution in [1.82, 2.24) is 25.2 Å². The summed E-state index contributed by atoms with van der Waals surface area (Å²) in [5, 5.41) is 12.9. The van der Waals surface area contributed by atoms with Gasteiger partial charge in [-0.15, -0.1) is 0 Å². The maximum Gasteiger partial charge on any atom is 0.267 e. The molecule has 1 atom stereocenters. The highest BCUT2D eigenvalue weighted by molar-refractivity contribution is 7.17. The van der Waals surface area contributed by atoms with Crippen LogP contribution in [0.25, 0.3) is 0 Å². The lowest BCUT2D eigenvalue weighted by Crippen LogP contribution is -2.48. The summed E-state index contributed by atoms with van der Waals surface area (Å²) in [5.41, 5.74) is 3.47. The van der Waals surface area contributed by atoms with Gasteiger partial charge in [0, 0.05) is 50.9 Å². The third-order valence-corrected chi connectivity index (χ3v) is 9.15. The van der Waals surface area contributed by atoms with Gasteiger partial charge in [0.1, 0.15) is 28.4 Å². The number of anilines is 5. The quantitative estimate of drug-likeness (QED) is 0.186. The minimum atomic E-state index is -0.426. The Kier molecular flexibility index (Phi) is 9.43. The molecule has 238 valence electrons. The van der Waals surface area contributed by atoms with Crippen LogP contribution in [0.2, 0.25) is 5.02 Å². The van der Waals surface area contributed by atoms with Crippen LogP contribution in [0.4, 0.5) is 28.1 Å². The lowest BCUT2D eigenvalue weighted by atomic mass is 10.0. The summed E-state index contributed by atoms with van der Waals surface area (Å²) in [7, 11) is 0. The number of hydrogen-bond donors (Lipinski definition) is 4. The first-order valence-corrected chi connectivity index (χ1v) is 16.2. The molecule has 4 heterocycles. The Bertz CT molecular complexity index is 1750. The fourth-order valence-electron chi connectivity index (χ4n) is 5.48. The van der Waals surface area contributed by atoms with Crippen molar-refractivity contribution >= 4 is 68.8 Å². The largest absolute Gasteiger partial charge is 0.373 e. The third kappa shape index (κ3) is 7.44. The van der Waals surface area contributed by atoms with E-state index in [9.17, 15) is 14.4 Å². The SMILES string of the molecule is Cc1nc(Nc2ncc(C(=O)Nc3c(C)cccc3Cl)s2)cc(N2CCN(Cc3ccccc3NC3CCC(=O)NC3=O)CC2)n1. The smallest absolute Gasteiger partial charge is 0.267 e. The van der Waals surface area contributed by atoms with E-state index in [1.807, 2.05) is 50.2 Å². The second kappa shape index (κ2) is 13.8. The number of piperazine rings is 1. The zero-order chi connectivity index (χ0) is 32.2. The predicted molar refractivity (Wildman–Crippen MR) is 180 cm³/mol. The molecule has 14 heteroatoms. The lowest BCUT2D eigenvalue weighted by molar-refractivity contribution is -0.133. The summed E-state index contributed by atoms with van der Waals surface area (Å²) in [6.45, 7) is 7.69. The van der Waals surface area contributed by atoms with Crippen LogP contribution in [-0.4, -0.2) is 69.8 Å². The molecule has 2 aliphatic rings. The average molecular weight is 660 g/mol. The van der Waals surface area contributed by atoms with Crippen molar-refractivity contribution in [1.29, 1.82) is 0 Å². The van der Waals surface area contributed by atoms with Crippen LogP contribution in [0.15, 0.2) is 54.7 Å². The molecule has 2 aliphatic heterocycles. The molecule has 2 saturated heterocycles. The molecule has 0 bridgehead atoms. The number of carbonyl (C=O) groups excluding carboxylic acids is 3. The van der Waals surface area contributed by atoms with Gasteiger partial charge in [-0.1, -0.05) is 53.3 Å². The minimum Gasteiger partial charge on any atom is -0.373 e. The van der Waals surface area contributed by atoms with Gasteiger partial charge in [0.2, 0.25) is 11.8 Å². The molecule has 6 rings (SSSR count). The molecule has 0 radical (unpaired) electrons. The molecule has 46 heavy (non-hydrogen) atoms. The Hall–Kier alpha value is -4.59. The van der Waals surface area contributed by atoms with Gasteiger partial charge in [0.15, 0.2) is 5.13 Å². The number of nitrogens with zero attached hydrogens (tertiary/aromatic N) is 5. The number of thiazole rings is 1. The highest BCUT2D eigenvalue weighted by Crippen LogP contribution is 2.29. The van der Waals surface area contributed by atoms with Crippen molar-refractivity contribution in [2.75, 3.05) is 47.0 Å². The summed E-state index contributed by atoms with van der Waals surface area (Å²) in [4.78, 5) is 55.4. The number of carbonyl (C=O) groups is 3. The summed E-state index contributed by atoms with van der Waals surface area (Å²) < 4.78 is 0. The fraction of sp³-hybridized carbons (Fsp3) is 0.312. The maximum atomic E-state index is 12.9. The zero-order valence-electron chi connectivity index (χ0n) is 25.5. The highest BCUT2D eigenvalue weighted by atomic mass is 35.5. The Morgan fingerprint density at radius 3 is 2.65 bits per heavy atom. The van der Waals surface area contributed by atoms with Gasteiger partial charge in [0.25, 0.3) is 5.91 Å². The standard InChI is InChI=1S/C32H34ClN9O3S/c1-19-6-5-8-22(33)29(19)40-31(45)25-17-34-32(46-25)38-26-16-27(36-20(2)35-26)42-14-12-41(13-15-42)18-21-7-3-4-9-23(21)37-24-10-11-28(43)39-30(24)44/h3-9,16-17,24,37H,10-15,18H2,1-2H3,(H,40,45)(H,39,43,44)(H,34,35,36,38). The van der Waals surface area contributed by atoms with Gasteiger partial charge in [-0.2, -0.15) is 0 Å². The van der Waals surface area contributed by atoms with Crippen LogP contribution < -0.4 is 26.2 Å². The molecule has 0 aliphatic carbocycles. The van der Waals surface area contributed by atoms with Gasteiger partial charge >= 0.3 is 0 Å². The van der Waals surface area contributed by atoms with Crippen LogP contribution in [0.1, 0.15) is 39.5 Å². The minimum absolute atomic E-state index is 0.224. The van der Waals surface area contributed by atoms with Gasteiger partial charge < -0.3 is 20.9 Å². The van der Waals surface area contributed by atoms with Crippen LogP contribution >= 0.6 is 22.9 Å². The first-order chi connectivity index (χ1) is 22.2. The summed E-state index contributed by atoms with van der Waals surface area (Å²) >= 11 is 7.50. The second-order valence-electron chi connectivity index (χ2n) is 11.3. The normalized spacial score (nSPS) is 17.0. The molecular weight excluding hydrogens is 626 g/mol. The maximum absolute atomic E-state index is 12.9. The van der Waals surface area contributed by atoms with Crippen LogP contribution in [-0.2, 0) is 16.1 Å². The van der Waals surface area contributed by atoms with Gasteiger partial charge in [0.05, 0.1) is 16.9 Å². The van der Waals surface area contributed by atoms with E-state index >= 15 is 0 Å². The fourth-order valence-corrected chi connectivity index (χ4v) is 6.47. The molecule has 2 aromatic carbocycles. The molecule has 1 unspecified atom stereocenters. The molecule has 3 amide bonds. The van der Waals surface area contributed by atoms with Crippen molar-refractivity contribution in [3.63, 3.8) is 0 Å². The van der Waals surface area contributed by atoms with Gasteiger partial charge in [-0.05, 0) is 43.5 Å². The highest BCUT2D eigenvalue weighted by Gasteiger charge is 2.27. The number of aryl methyl sites for hydroxylation is 2.